The van der Waals surface area contributed by atoms with Gasteiger partial charge in [0.15, 0.2) is 11.5 Å². The van der Waals surface area contributed by atoms with Gasteiger partial charge in [-0.05, 0) is 47.0 Å². The van der Waals surface area contributed by atoms with Crippen LogP contribution in [0.2, 0.25) is 0 Å². The van der Waals surface area contributed by atoms with Gasteiger partial charge in [0.05, 0.1) is 24.3 Å². The van der Waals surface area contributed by atoms with Gasteiger partial charge in [0, 0.05) is 11.4 Å². The highest BCUT2D eigenvalue weighted by atomic mass is 79.9. The monoisotopic (exact) mass is 481 g/mol. The van der Waals surface area contributed by atoms with E-state index in [1.807, 2.05) is 19.1 Å². The summed E-state index contributed by atoms with van der Waals surface area (Å²) in [6, 6.07) is 3.17. The fraction of sp³-hybridized carbons (Fsp3) is 0.421. The van der Waals surface area contributed by atoms with Gasteiger partial charge in [0.1, 0.15) is 6.04 Å². The molecule has 1 amide bonds. The second-order valence-electron chi connectivity index (χ2n) is 6.53. The molecule has 0 radical (unpaired) electrons. The molecule has 2 aromatic rings. The van der Waals surface area contributed by atoms with Crippen LogP contribution in [0.25, 0.3) is 0 Å². The number of methoxy groups -OCH3 is 2. The molecule has 29 heavy (non-hydrogen) atoms. The SMILES string of the molecule is CCCCSc1nc2n(n1)C(c1cc(Br)c(OC)c(OC)c1)C(C(N)=O)=C(C)N2. The second-order valence-corrected chi connectivity index (χ2v) is 8.45. The molecule has 0 saturated heterocycles. The van der Waals surface area contributed by atoms with Gasteiger partial charge in [0.2, 0.25) is 17.0 Å². The van der Waals surface area contributed by atoms with Gasteiger partial charge in [-0.25, -0.2) is 4.68 Å². The summed E-state index contributed by atoms with van der Waals surface area (Å²) in [6.07, 6.45) is 2.19. The second kappa shape index (κ2) is 9.08. The molecule has 1 aliphatic rings. The number of allylic oxidation sites excluding steroid dienone is 1. The number of halogens is 1. The first-order valence-corrected chi connectivity index (χ1v) is 11.0. The van der Waals surface area contributed by atoms with Crippen molar-refractivity contribution in [3.8, 4) is 11.5 Å². The quantitative estimate of drug-likeness (QED) is 0.437. The molecule has 1 aromatic heterocycles. The van der Waals surface area contributed by atoms with E-state index in [9.17, 15) is 4.79 Å². The first-order chi connectivity index (χ1) is 13.9. The third kappa shape index (κ3) is 4.23. The molecule has 1 aliphatic heterocycles. The van der Waals surface area contributed by atoms with Crippen LogP contribution < -0.4 is 20.5 Å². The molecule has 0 bridgehead atoms. The molecule has 2 heterocycles. The fourth-order valence-electron chi connectivity index (χ4n) is 3.22. The molecule has 156 valence electrons. The lowest BCUT2D eigenvalue weighted by Crippen LogP contribution is -2.31. The predicted molar refractivity (Wildman–Crippen MR) is 117 cm³/mol. The summed E-state index contributed by atoms with van der Waals surface area (Å²) in [7, 11) is 3.14. The summed E-state index contributed by atoms with van der Waals surface area (Å²) >= 11 is 5.11. The summed E-state index contributed by atoms with van der Waals surface area (Å²) in [5, 5.41) is 8.46. The highest BCUT2D eigenvalue weighted by molar-refractivity contribution is 9.10. The van der Waals surface area contributed by atoms with E-state index in [1.54, 1.807) is 30.7 Å². The number of hydrogen-bond acceptors (Lipinski definition) is 7. The van der Waals surface area contributed by atoms with Crippen molar-refractivity contribution < 1.29 is 14.3 Å². The zero-order chi connectivity index (χ0) is 21.1. The highest BCUT2D eigenvalue weighted by Crippen LogP contribution is 2.42. The van der Waals surface area contributed by atoms with Crippen LogP contribution in [0, 0.1) is 0 Å². The number of amides is 1. The lowest BCUT2D eigenvalue weighted by molar-refractivity contribution is -0.115. The summed E-state index contributed by atoms with van der Waals surface area (Å²) in [5.41, 5.74) is 7.59. The highest BCUT2D eigenvalue weighted by Gasteiger charge is 2.34. The van der Waals surface area contributed by atoms with E-state index in [0.29, 0.717) is 38.3 Å². The average molecular weight is 482 g/mol. The Kier molecular flexibility index (Phi) is 6.74. The zero-order valence-corrected chi connectivity index (χ0v) is 19.2. The molecule has 3 rings (SSSR count). The summed E-state index contributed by atoms with van der Waals surface area (Å²) < 4.78 is 13.3. The van der Waals surface area contributed by atoms with Crippen molar-refractivity contribution in [3.05, 3.63) is 33.4 Å². The molecule has 0 spiro atoms. The number of carbonyl (C=O) groups excluding carboxylic acids is 1. The number of nitrogens with zero attached hydrogens (tertiary/aromatic N) is 3. The van der Waals surface area contributed by atoms with E-state index in [1.165, 1.54) is 0 Å². The Bertz CT molecular complexity index is 960. The molecule has 8 nitrogen and oxygen atoms in total. The Morgan fingerprint density at radius 2 is 2.14 bits per heavy atom. The third-order valence-corrected chi connectivity index (χ3v) is 6.11. The number of fused-ring (bicyclic) bond motifs is 1. The normalized spacial score (nSPS) is 15.7. The van der Waals surface area contributed by atoms with Gasteiger partial charge in [-0.15, -0.1) is 5.10 Å². The summed E-state index contributed by atoms with van der Waals surface area (Å²) in [5.74, 6) is 2.09. The first kappa shape index (κ1) is 21.5. The fourth-order valence-corrected chi connectivity index (χ4v) is 4.76. The molecule has 3 N–H and O–H groups in total. The zero-order valence-electron chi connectivity index (χ0n) is 16.8. The number of rotatable bonds is 8. The molecule has 1 unspecified atom stereocenters. The minimum atomic E-state index is -0.534. The summed E-state index contributed by atoms with van der Waals surface area (Å²) in [4.78, 5) is 16.9. The molecule has 0 saturated carbocycles. The van der Waals surface area contributed by atoms with Crippen LogP contribution in [0.4, 0.5) is 5.95 Å². The maximum absolute atomic E-state index is 12.3. The Balaban J connectivity index is 2.12. The Morgan fingerprint density at radius 1 is 1.38 bits per heavy atom. The average Bonchev–Trinajstić information content (AvgIpc) is 3.08. The van der Waals surface area contributed by atoms with Crippen molar-refractivity contribution >= 4 is 39.5 Å². The number of thioether (sulfide) groups is 1. The number of primary amides is 1. The first-order valence-electron chi connectivity index (χ1n) is 9.19. The van der Waals surface area contributed by atoms with Crippen molar-refractivity contribution in [3.63, 3.8) is 0 Å². The van der Waals surface area contributed by atoms with Gasteiger partial charge >= 0.3 is 0 Å². The van der Waals surface area contributed by atoms with Crippen LogP contribution in [-0.4, -0.2) is 40.6 Å². The maximum Gasteiger partial charge on any atom is 0.248 e. The topological polar surface area (TPSA) is 104 Å². The Labute approximate surface area is 182 Å². The number of ether oxygens (including phenoxy) is 2. The smallest absolute Gasteiger partial charge is 0.248 e. The number of nitrogens with one attached hydrogen (secondary N) is 1. The molecule has 0 fully saturated rings. The number of aromatic nitrogens is 3. The number of nitrogens with two attached hydrogens (primary N) is 1. The maximum atomic E-state index is 12.3. The Hall–Kier alpha value is -2.20. The van der Waals surface area contributed by atoms with E-state index in [0.717, 1.165) is 24.2 Å². The van der Waals surface area contributed by atoms with Crippen LogP contribution >= 0.6 is 27.7 Å². The van der Waals surface area contributed by atoms with Crippen molar-refractivity contribution in [1.29, 1.82) is 0 Å². The van der Waals surface area contributed by atoms with E-state index < -0.39 is 11.9 Å². The van der Waals surface area contributed by atoms with Crippen LogP contribution in [0.1, 0.15) is 38.3 Å². The lowest BCUT2D eigenvalue weighted by Gasteiger charge is -2.28. The van der Waals surface area contributed by atoms with Crippen LogP contribution in [-0.2, 0) is 4.79 Å². The van der Waals surface area contributed by atoms with Gasteiger partial charge in [-0.3, -0.25) is 4.79 Å². The van der Waals surface area contributed by atoms with Crippen LogP contribution in [0.3, 0.4) is 0 Å². The molecule has 1 atom stereocenters. The molecular weight excluding hydrogens is 458 g/mol. The number of hydrogen-bond donors (Lipinski definition) is 2. The van der Waals surface area contributed by atoms with Crippen LogP contribution in [0.5, 0.6) is 11.5 Å². The molecule has 10 heteroatoms. The number of anilines is 1. The van der Waals surface area contributed by atoms with E-state index in [4.69, 9.17) is 15.2 Å². The third-order valence-electron chi connectivity index (χ3n) is 4.60. The van der Waals surface area contributed by atoms with Crippen molar-refractivity contribution in [2.24, 2.45) is 5.73 Å². The largest absolute Gasteiger partial charge is 0.493 e. The van der Waals surface area contributed by atoms with Crippen molar-refractivity contribution in [1.82, 2.24) is 14.8 Å². The van der Waals surface area contributed by atoms with Crippen molar-refractivity contribution in [2.75, 3.05) is 25.3 Å². The number of unbranched alkanes of at least 4 members (excludes halogenated alkanes) is 1. The van der Waals surface area contributed by atoms with E-state index in [-0.39, 0.29) is 0 Å². The van der Waals surface area contributed by atoms with Crippen molar-refractivity contribution in [2.45, 2.75) is 37.9 Å². The molecule has 1 aromatic carbocycles. The minimum absolute atomic E-state index is 0.423. The van der Waals surface area contributed by atoms with E-state index >= 15 is 0 Å². The van der Waals surface area contributed by atoms with E-state index in [2.05, 4.69) is 38.3 Å². The minimum Gasteiger partial charge on any atom is -0.493 e. The van der Waals surface area contributed by atoms with Gasteiger partial charge in [-0.1, -0.05) is 25.1 Å². The molecule has 0 aliphatic carbocycles. The Morgan fingerprint density at radius 3 is 2.76 bits per heavy atom. The number of carbonyl (C=O) groups is 1. The standard InChI is InChI=1S/C19H24BrN5O3S/c1-5-6-7-29-19-23-18-22-10(2)14(17(21)26)15(25(18)24-19)11-8-12(20)16(28-4)13(9-11)27-3/h8-9,15H,5-7H2,1-4H3,(H2,21,26)(H,22,23,24). The molecular formula is C19H24BrN5O3S. The van der Waals surface area contributed by atoms with Gasteiger partial charge < -0.3 is 20.5 Å². The lowest BCUT2D eigenvalue weighted by atomic mass is 9.95. The predicted octanol–water partition coefficient (Wildman–Crippen LogP) is 3.72. The van der Waals surface area contributed by atoms with Gasteiger partial charge in [0.25, 0.3) is 0 Å². The number of benzene rings is 1. The van der Waals surface area contributed by atoms with Gasteiger partial charge in [-0.2, -0.15) is 4.98 Å². The summed E-state index contributed by atoms with van der Waals surface area (Å²) in [6.45, 7) is 3.95. The van der Waals surface area contributed by atoms with Crippen LogP contribution in [0.15, 0.2) is 33.0 Å².